The molecule has 0 unspecified atom stereocenters. The quantitative estimate of drug-likeness (QED) is 0.153. The Morgan fingerprint density at radius 1 is 0.215 bits per heavy atom. The fraction of sp³-hybridized carbons (Fsp3) is 0. The number of hydrogen-bond donors (Lipinski definition) is 0. The maximum atomic E-state index is 5.17. The van der Waals surface area contributed by atoms with Crippen molar-refractivity contribution in [2.75, 3.05) is 0 Å². The van der Waals surface area contributed by atoms with Crippen molar-refractivity contribution in [3.8, 4) is 89.8 Å². The molecule has 10 aromatic carbocycles. The summed E-state index contributed by atoms with van der Waals surface area (Å²) in [5.74, 6) is 1.88. The largest absolute Gasteiger partial charge is 0.208 e. The van der Waals surface area contributed by atoms with Gasteiger partial charge in [0.05, 0.1) is 0 Å². The molecule has 12 rings (SSSR count). The van der Waals surface area contributed by atoms with E-state index in [9.17, 15) is 0 Å². The van der Waals surface area contributed by atoms with Crippen molar-refractivity contribution in [1.82, 2.24) is 15.0 Å². The van der Waals surface area contributed by atoms with Gasteiger partial charge in [0.25, 0.3) is 0 Å². The molecule has 0 fully saturated rings. The molecule has 0 saturated carbocycles. The van der Waals surface area contributed by atoms with Crippen LogP contribution in [0.1, 0.15) is 0 Å². The number of rotatable bonds is 8. The smallest absolute Gasteiger partial charge is 0.164 e. The lowest BCUT2D eigenvalue weighted by Gasteiger charge is -2.14. The molecular formula is C61H39N3S. The number of aromatic nitrogens is 3. The van der Waals surface area contributed by atoms with Crippen molar-refractivity contribution in [1.29, 1.82) is 0 Å². The van der Waals surface area contributed by atoms with E-state index in [-0.39, 0.29) is 0 Å². The molecule has 0 radical (unpaired) electrons. The maximum absolute atomic E-state index is 5.17. The number of thiophene rings is 1. The van der Waals surface area contributed by atoms with Crippen LogP contribution in [0.25, 0.3) is 121 Å². The first-order chi connectivity index (χ1) is 32.2. The van der Waals surface area contributed by atoms with Crippen LogP contribution in [0.2, 0.25) is 0 Å². The summed E-state index contributed by atoms with van der Waals surface area (Å²) in [4.78, 5) is 15.4. The molecule has 2 heterocycles. The standard InChI is InChI=1S/C61H39N3S/c1-3-13-40(14-4-1)41-25-31-46(32-26-41)59-62-60(64-61(63-59)55-21-10-7-17-49(55)43-15-5-2-6-16-43)47-33-29-45(30-34-47)51-37-36-50(52-18-8-9-19-53(51)52)44-27-23-42(24-28-44)48-35-38-58-56(39-48)54-20-11-12-22-57(54)65-58/h1-39H. The van der Waals surface area contributed by atoms with Gasteiger partial charge in [0.1, 0.15) is 0 Å². The maximum Gasteiger partial charge on any atom is 0.164 e. The molecule has 0 atom stereocenters. The zero-order chi connectivity index (χ0) is 43.1. The summed E-state index contributed by atoms with van der Waals surface area (Å²) < 4.78 is 2.65. The molecule has 2 aromatic heterocycles. The van der Waals surface area contributed by atoms with Crippen molar-refractivity contribution in [3.05, 3.63) is 237 Å². The van der Waals surface area contributed by atoms with Crippen LogP contribution in [0.5, 0.6) is 0 Å². The molecule has 0 bridgehead atoms. The highest BCUT2D eigenvalue weighted by molar-refractivity contribution is 7.25. The fourth-order valence-corrected chi connectivity index (χ4v) is 10.2. The van der Waals surface area contributed by atoms with Crippen molar-refractivity contribution < 1.29 is 0 Å². The van der Waals surface area contributed by atoms with E-state index in [4.69, 9.17) is 15.0 Å². The molecule has 65 heavy (non-hydrogen) atoms. The highest BCUT2D eigenvalue weighted by Crippen LogP contribution is 2.40. The summed E-state index contributed by atoms with van der Waals surface area (Å²) in [5, 5.41) is 5.06. The predicted molar refractivity (Wildman–Crippen MR) is 274 cm³/mol. The summed E-state index contributed by atoms with van der Waals surface area (Å²) in [7, 11) is 0. The first kappa shape index (κ1) is 38.4. The number of nitrogens with zero attached hydrogens (tertiary/aromatic N) is 3. The fourth-order valence-electron chi connectivity index (χ4n) is 9.09. The Balaban J connectivity index is 0.890. The summed E-state index contributed by atoms with van der Waals surface area (Å²) in [5.41, 5.74) is 14.5. The first-order valence-electron chi connectivity index (χ1n) is 21.9. The lowest BCUT2D eigenvalue weighted by molar-refractivity contribution is 1.07. The third-order valence-electron chi connectivity index (χ3n) is 12.4. The van der Waals surface area contributed by atoms with Gasteiger partial charge in [-0.1, -0.05) is 218 Å². The minimum atomic E-state index is 0.624. The molecule has 0 aliphatic heterocycles. The van der Waals surface area contributed by atoms with Gasteiger partial charge in [-0.15, -0.1) is 11.3 Å². The second kappa shape index (κ2) is 16.4. The molecule has 304 valence electrons. The summed E-state index contributed by atoms with van der Waals surface area (Å²) in [6.45, 7) is 0. The molecular weight excluding hydrogens is 807 g/mol. The van der Waals surface area contributed by atoms with E-state index < -0.39 is 0 Å². The molecule has 0 aliphatic carbocycles. The van der Waals surface area contributed by atoms with E-state index in [2.05, 4.69) is 218 Å². The van der Waals surface area contributed by atoms with Crippen LogP contribution in [-0.4, -0.2) is 15.0 Å². The van der Waals surface area contributed by atoms with Crippen LogP contribution in [0.3, 0.4) is 0 Å². The second-order valence-electron chi connectivity index (χ2n) is 16.3. The molecule has 0 aliphatic rings. The first-order valence-corrected chi connectivity index (χ1v) is 22.7. The van der Waals surface area contributed by atoms with Gasteiger partial charge in [-0.3, -0.25) is 0 Å². The van der Waals surface area contributed by atoms with Gasteiger partial charge in [-0.25, -0.2) is 15.0 Å². The Kier molecular flexibility index (Phi) is 9.70. The van der Waals surface area contributed by atoms with Gasteiger partial charge < -0.3 is 0 Å². The Hall–Kier alpha value is -8.31. The highest BCUT2D eigenvalue weighted by Gasteiger charge is 2.17. The van der Waals surface area contributed by atoms with E-state index in [0.29, 0.717) is 17.5 Å². The average Bonchev–Trinajstić information content (AvgIpc) is 3.77. The predicted octanol–water partition coefficient (Wildman–Crippen LogP) is 16.7. The van der Waals surface area contributed by atoms with Gasteiger partial charge in [0.2, 0.25) is 0 Å². The minimum absolute atomic E-state index is 0.624. The van der Waals surface area contributed by atoms with Crippen LogP contribution in [0.4, 0.5) is 0 Å². The Bertz CT molecular complexity index is 3670. The molecule has 3 nitrogen and oxygen atoms in total. The van der Waals surface area contributed by atoms with E-state index in [1.54, 1.807) is 0 Å². The molecule has 0 N–H and O–H groups in total. The SMILES string of the molecule is c1ccc(-c2ccc(-c3nc(-c4ccc(-c5ccc(-c6ccc(-c7ccc8sc9ccccc9c8c7)cc6)c6ccccc56)cc4)nc(-c4ccccc4-c4ccccc4)n3)cc2)cc1. The molecule has 12 aromatic rings. The number of benzene rings is 10. The monoisotopic (exact) mass is 845 g/mol. The van der Waals surface area contributed by atoms with Crippen molar-refractivity contribution >= 4 is 42.3 Å². The van der Waals surface area contributed by atoms with Crippen molar-refractivity contribution in [2.45, 2.75) is 0 Å². The van der Waals surface area contributed by atoms with Crippen LogP contribution in [0.15, 0.2) is 237 Å². The Labute approximate surface area is 381 Å². The van der Waals surface area contributed by atoms with E-state index in [1.165, 1.54) is 64.3 Å². The second-order valence-corrected chi connectivity index (χ2v) is 17.4. The lowest BCUT2D eigenvalue weighted by Crippen LogP contribution is -2.01. The zero-order valence-electron chi connectivity index (χ0n) is 35.3. The third-order valence-corrected chi connectivity index (χ3v) is 13.6. The zero-order valence-corrected chi connectivity index (χ0v) is 36.1. The van der Waals surface area contributed by atoms with E-state index in [1.807, 2.05) is 29.5 Å². The molecule has 0 amide bonds. The minimum Gasteiger partial charge on any atom is -0.208 e. The summed E-state index contributed by atoms with van der Waals surface area (Å²) >= 11 is 1.86. The topological polar surface area (TPSA) is 38.7 Å². The summed E-state index contributed by atoms with van der Waals surface area (Å²) in [6, 6.07) is 84.2. The van der Waals surface area contributed by atoms with E-state index in [0.717, 1.165) is 38.9 Å². The van der Waals surface area contributed by atoms with Crippen LogP contribution in [0, 0.1) is 0 Å². The lowest BCUT2D eigenvalue weighted by atomic mass is 9.91. The van der Waals surface area contributed by atoms with Crippen LogP contribution >= 0.6 is 11.3 Å². The Morgan fingerprint density at radius 2 is 0.600 bits per heavy atom. The van der Waals surface area contributed by atoms with Gasteiger partial charge in [-0.05, 0) is 84.6 Å². The van der Waals surface area contributed by atoms with Crippen molar-refractivity contribution in [3.63, 3.8) is 0 Å². The normalized spacial score (nSPS) is 11.4. The van der Waals surface area contributed by atoms with E-state index >= 15 is 0 Å². The number of hydrogen-bond acceptors (Lipinski definition) is 4. The third kappa shape index (κ3) is 7.26. The molecule has 0 saturated heterocycles. The molecule has 4 heteroatoms. The van der Waals surface area contributed by atoms with Crippen molar-refractivity contribution in [2.24, 2.45) is 0 Å². The van der Waals surface area contributed by atoms with Gasteiger partial charge in [0, 0.05) is 36.9 Å². The van der Waals surface area contributed by atoms with Crippen LogP contribution < -0.4 is 0 Å². The van der Waals surface area contributed by atoms with Gasteiger partial charge in [0.15, 0.2) is 17.5 Å². The van der Waals surface area contributed by atoms with Gasteiger partial charge in [-0.2, -0.15) is 0 Å². The Morgan fingerprint density at radius 3 is 1.20 bits per heavy atom. The average molecular weight is 846 g/mol. The van der Waals surface area contributed by atoms with Gasteiger partial charge >= 0.3 is 0 Å². The summed E-state index contributed by atoms with van der Waals surface area (Å²) in [6.07, 6.45) is 0. The van der Waals surface area contributed by atoms with Crippen LogP contribution in [-0.2, 0) is 0 Å². The highest BCUT2D eigenvalue weighted by atomic mass is 32.1. The molecule has 0 spiro atoms. The number of fused-ring (bicyclic) bond motifs is 4.